The highest BCUT2D eigenvalue weighted by Crippen LogP contribution is 2.29. The van der Waals surface area contributed by atoms with Gasteiger partial charge in [-0.25, -0.2) is 8.78 Å². The second kappa shape index (κ2) is 5.77. The zero-order valence-electron chi connectivity index (χ0n) is 10.1. The fourth-order valence-electron chi connectivity index (χ4n) is 1.70. The number of hydrogen-bond donors (Lipinski definition) is 1. The van der Waals surface area contributed by atoms with Crippen LogP contribution in [0.5, 0.6) is 0 Å². The number of Topliss-reactive ketones (excluding diaryl/α,β-unsaturated/α-hetero) is 1. The Morgan fingerprint density at radius 3 is 2.30 bits per heavy atom. The van der Waals surface area contributed by atoms with E-state index in [2.05, 4.69) is 0 Å². The zero-order chi connectivity index (χ0) is 14.9. The van der Waals surface area contributed by atoms with E-state index < -0.39 is 17.4 Å². The van der Waals surface area contributed by atoms with Gasteiger partial charge in [0.1, 0.15) is 11.6 Å². The molecule has 2 rings (SSSR count). The van der Waals surface area contributed by atoms with Crippen molar-refractivity contribution in [3.05, 3.63) is 63.1 Å². The molecule has 0 aromatic heterocycles. The van der Waals surface area contributed by atoms with Crippen LogP contribution >= 0.6 is 23.2 Å². The summed E-state index contributed by atoms with van der Waals surface area (Å²) in [4.78, 5) is 12.0. The van der Waals surface area contributed by atoms with Gasteiger partial charge in [-0.2, -0.15) is 0 Å². The van der Waals surface area contributed by atoms with Crippen molar-refractivity contribution in [1.82, 2.24) is 0 Å². The van der Waals surface area contributed by atoms with Crippen LogP contribution in [0.2, 0.25) is 10.0 Å². The third kappa shape index (κ3) is 3.08. The molecule has 0 amide bonds. The van der Waals surface area contributed by atoms with Crippen LogP contribution in [0.15, 0.2) is 30.3 Å². The van der Waals surface area contributed by atoms with Crippen LogP contribution in [-0.2, 0) is 6.42 Å². The Morgan fingerprint density at radius 2 is 1.70 bits per heavy atom. The van der Waals surface area contributed by atoms with E-state index in [9.17, 15) is 13.6 Å². The highest BCUT2D eigenvalue weighted by Gasteiger charge is 2.14. The molecule has 20 heavy (non-hydrogen) atoms. The SMILES string of the molecule is Nc1c(Cl)cc(C(=O)Cc2cc(F)ccc2F)cc1Cl. The third-order valence-electron chi connectivity index (χ3n) is 2.76. The van der Waals surface area contributed by atoms with Crippen molar-refractivity contribution in [3.63, 3.8) is 0 Å². The highest BCUT2D eigenvalue weighted by molar-refractivity contribution is 6.39. The summed E-state index contributed by atoms with van der Waals surface area (Å²) < 4.78 is 26.5. The van der Waals surface area contributed by atoms with Crippen LogP contribution in [0.25, 0.3) is 0 Å². The number of benzene rings is 2. The maximum Gasteiger partial charge on any atom is 0.167 e. The first-order valence-electron chi connectivity index (χ1n) is 5.60. The average molecular weight is 316 g/mol. The van der Waals surface area contributed by atoms with Crippen LogP contribution in [-0.4, -0.2) is 5.78 Å². The molecule has 0 aliphatic carbocycles. The number of carbonyl (C=O) groups is 1. The summed E-state index contributed by atoms with van der Waals surface area (Å²) in [6.45, 7) is 0. The molecule has 0 heterocycles. The fourth-order valence-corrected chi connectivity index (χ4v) is 2.19. The number of rotatable bonds is 3. The lowest BCUT2D eigenvalue weighted by atomic mass is 10.0. The lowest BCUT2D eigenvalue weighted by Gasteiger charge is -2.07. The predicted molar refractivity (Wildman–Crippen MR) is 75.3 cm³/mol. The maximum absolute atomic E-state index is 13.5. The molecule has 0 radical (unpaired) electrons. The Morgan fingerprint density at radius 1 is 1.10 bits per heavy atom. The quantitative estimate of drug-likeness (QED) is 0.678. The lowest BCUT2D eigenvalue weighted by Crippen LogP contribution is -2.06. The lowest BCUT2D eigenvalue weighted by molar-refractivity contribution is 0.0992. The minimum atomic E-state index is -0.646. The van der Waals surface area contributed by atoms with E-state index in [1.807, 2.05) is 0 Å². The second-order valence-electron chi connectivity index (χ2n) is 4.19. The zero-order valence-corrected chi connectivity index (χ0v) is 11.6. The van der Waals surface area contributed by atoms with Gasteiger partial charge in [0.15, 0.2) is 5.78 Å². The smallest absolute Gasteiger partial charge is 0.167 e. The molecule has 6 heteroatoms. The number of nitrogens with two attached hydrogens (primary N) is 1. The maximum atomic E-state index is 13.5. The van der Waals surface area contributed by atoms with Gasteiger partial charge >= 0.3 is 0 Å². The van der Waals surface area contributed by atoms with Gasteiger partial charge in [-0.15, -0.1) is 0 Å². The Kier molecular flexibility index (Phi) is 4.26. The third-order valence-corrected chi connectivity index (χ3v) is 3.39. The number of anilines is 1. The van der Waals surface area contributed by atoms with Crippen LogP contribution in [0.1, 0.15) is 15.9 Å². The molecule has 0 saturated carbocycles. The summed E-state index contributed by atoms with van der Waals surface area (Å²) in [5, 5.41) is 0.279. The molecular formula is C14H9Cl2F2NO. The standard InChI is InChI=1S/C14H9Cl2F2NO/c15-10-4-8(5-11(16)14(10)19)13(20)6-7-3-9(17)1-2-12(7)18/h1-5H,6,19H2. The van der Waals surface area contributed by atoms with E-state index in [-0.39, 0.29) is 33.3 Å². The largest absolute Gasteiger partial charge is 0.396 e. The van der Waals surface area contributed by atoms with Crippen molar-refractivity contribution in [1.29, 1.82) is 0 Å². The Bertz CT molecular complexity index is 666. The molecule has 2 aromatic rings. The van der Waals surface area contributed by atoms with E-state index >= 15 is 0 Å². The first-order valence-corrected chi connectivity index (χ1v) is 6.35. The van der Waals surface area contributed by atoms with Crippen molar-refractivity contribution < 1.29 is 13.6 Å². The summed E-state index contributed by atoms with van der Waals surface area (Å²) in [6, 6.07) is 5.64. The second-order valence-corrected chi connectivity index (χ2v) is 5.00. The van der Waals surface area contributed by atoms with Gasteiger partial charge in [0.05, 0.1) is 15.7 Å². The molecule has 0 fully saturated rings. The molecule has 0 bridgehead atoms. The first kappa shape index (κ1) is 14.8. The van der Waals surface area contributed by atoms with Crippen molar-refractivity contribution in [3.8, 4) is 0 Å². The minimum Gasteiger partial charge on any atom is -0.396 e. The Hall–Kier alpha value is -1.65. The van der Waals surface area contributed by atoms with E-state index in [0.29, 0.717) is 0 Å². The summed E-state index contributed by atoms with van der Waals surface area (Å²) >= 11 is 11.7. The molecule has 0 saturated heterocycles. The van der Waals surface area contributed by atoms with E-state index in [4.69, 9.17) is 28.9 Å². The normalized spacial score (nSPS) is 10.6. The van der Waals surface area contributed by atoms with E-state index in [1.165, 1.54) is 12.1 Å². The van der Waals surface area contributed by atoms with Crippen molar-refractivity contribution in [2.45, 2.75) is 6.42 Å². The first-order chi connectivity index (χ1) is 9.38. The molecule has 0 aliphatic rings. The van der Waals surface area contributed by atoms with Gasteiger partial charge in [0.2, 0.25) is 0 Å². The van der Waals surface area contributed by atoms with Crippen molar-refractivity contribution >= 4 is 34.7 Å². The van der Waals surface area contributed by atoms with Gasteiger partial charge in [0.25, 0.3) is 0 Å². The predicted octanol–water partition coefficient (Wildman–Crippen LogP) is 4.28. The number of halogens is 4. The number of ketones is 1. The molecule has 2 nitrogen and oxygen atoms in total. The van der Waals surface area contributed by atoms with Crippen LogP contribution in [0, 0.1) is 11.6 Å². The van der Waals surface area contributed by atoms with Gasteiger partial charge in [-0.05, 0) is 35.9 Å². The van der Waals surface area contributed by atoms with Crippen LogP contribution < -0.4 is 5.73 Å². The molecule has 0 spiro atoms. The van der Waals surface area contributed by atoms with E-state index in [1.54, 1.807) is 0 Å². The molecule has 104 valence electrons. The van der Waals surface area contributed by atoms with Gasteiger partial charge in [0, 0.05) is 12.0 Å². The monoisotopic (exact) mass is 315 g/mol. The Balaban J connectivity index is 2.31. The summed E-state index contributed by atoms with van der Waals surface area (Å²) in [6.07, 6.45) is -0.291. The number of nitrogen functional groups attached to an aromatic ring is 1. The summed E-state index contributed by atoms with van der Waals surface area (Å²) in [5.74, 6) is -1.69. The molecular weight excluding hydrogens is 307 g/mol. The topological polar surface area (TPSA) is 43.1 Å². The van der Waals surface area contributed by atoms with Gasteiger partial charge in [-0.1, -0.05) is 23.2 Å². The van der Waals surface area contributed by atoms with Gasteiger partial charge < -0.3 is 5.73 Å². The molecule has 0 atom stereocenters. The number of carbonyl (C=O) groups excluding carboxylic acids is 1. The van der Waals surface area contributed by atoms with Crippen LogP contribution in [0.3, 0.4) is 0 Å². The highest BCUT2D eigenvalue weighted by atomic mass is 35.5. The minimum absolute atomic E-state index is 0.0286. The molecule has 2 N–H and O–H groups in total. The number of hydrogen-bond acceptors (Lipinski definition) is 2. The van der Waals surface area contributed by atoms with Crippen molar-refractivity contribution in [2.24, 2.45) is 0 Å². The average Bonchev–Trinajstić information content (AvgIpc) is 2.39. The Labute approximate surface area is 124 Å². The molecule has 2 aromatic carbocycles. The summed E-state index contributed by atoms with van der Waals surface area (Å²) in [5.41, 5.74) is 5.89. The van der Waals surface area contributed by atoms with Gasteiger partial charge in [-0.3, -0.25) is 4.79 Å². The fraction of sp³-hybridized carbons (Fsp3) is 0.0714. The molecule has 0 unspecified atom stereocenters. The van der Waals surface area contributed by atoms with E-state index in [0.717, 1.165) is 18.2 Å². The molecule has 0 aliphatic heterocycles. The van der Waals surface area contributed by atoms with Crippen LogP contribution in [0.4, 0.5) is 14.5 Å². The summed E-state index contributed by atoms with van der Waals surface area (Å²) in [7, 11) is 0. The van der Waals surface area contributed by atoms with Crippen molar-refractivity contribution in [2.75, 3.05) is 5.73 Å².